The minimum Gasteiger partial charge on any atom is -0.398 e. The Morgan fingerprint density at radius 3 is 2.52 bits per heavy atom. The lowest BCUT2D eigenvalue weighted by Gasteiger charge is -2.18. The fourth-order valence-corrected chi connectivity index (χ4v) is 3.45. The second-order valence-electron chi connectivity index (χ2n) is 7.11. The Morgan fingerprint density at radius 2 is 1.85 bits per heavy atom. The predicted molar refractivity (Wildman–Crippen MR) is 132 cm³/mol. The molecule has 3 rings (SSSR count). The summed E-state index contributed by atoms with van der Waals surface area (Å²) in [6.45, 7) is 0.292. The molecule has 0 bridgehead atoms. The molecule has 0 aliphatic heterocycles. The number of halogens is 2. The molecule has 8 nitrogen and oxygen atoms in total. The molecule has 2 aromatic carbocycles. The van der Waals surface area contributed by atoms with Gasteiger partial charge in [-0.05, 0) is 61.0 Å². The van der Waals surface area contributed by atoms with Gasteiger partial charge in [0.1, 0.15) is 11.5 Å². The summed E-state index contributed by atoms with van der Waals surface area (Å²) in [5, 5.41) is 3.57. The number of anilines is 2. The van der Waals surface area contributed by atoms with Crippen LogP contribution in [0.1, 0.15) is 34.0 Å². The average Bonchev–Trinajstić information content (AvgIpc) is 2.81. The molecule has 0 fully saturated rings. The number of aliphatic imine (C=N–C) groups is 1. The van der Waals surface area contributed by atoms with Crippen molar-refractivity contribution >= 4 is 52.2 Å². The number of amides is 2. The smallest absolute Gasteiger partial charge is 0.297 e. The van der Waals surface area contributed by atoms with Gasteiger partial charge in [-0.1, -0.05) is 35.3 Å². The van der Waals surface area contributed by atoms with Crippen molar-refractivity contribution in [3.63, 3.8) is 0 Å². The number of hydrogen-bond donors (Lipinski definition) is 4. The van der Waals surface area contributed by atoms with E-state index in [-0.39, 0.29) is 17.4 Å². The highest BCUT2D eigenvalue weighted by Crippen LogP contribution is 2.29. The van der Waals surface area contributed by atoms with E-state index in [1.165, 1.54) is 12.3 Å². The zero-order valence-electron chi connectivity index (χ0n) is 17.5. The average molecular weight is 485 g/mol. The van der Waals surface area contributed by atoms with Crippen LogP contribution in [0, 0.1) is 0 Å². The first-order valence-corrected chi connectivity index (χ1v) is 10.7. The van der Waals surface area contributed by atoms with E-state index in [1.54, 1.807) is 48.5 Å². The lowest BCUT2D eigenvalue weighted by atomic mass is 9.94. The highest BCUT2D eigenvalue weighted by molar-refractivity contribution is 6.42. The molecule has 0 aliphatic carbocycles. The number of carbonyl (C=O) groups excluding carboxylic acids is 2. The van der Waals surface area contributed by atoms with Crippen molar-refractivity contribution in [1.82, 2.24) is 4.98 Å². The third-order valence-electron chi connectivity index (χ3n) is 4.82. The van der Waals surface area contributed by atoms with Gasteiger partial charge in [-0.15, -0.1) is 0 Å². The standard InChI is InChI=1S/C23H22Cl2N6O2/c24-17-6-4-13(11-18(17)25)15(8-9-26)22(32)30-14-5-7-19(27)16(12-14)21(28)31-23(33)20-3-1-2-10-29-20/h1-7,10-12,15H,8-9,26-27H2,(H,30,32)(H2,28,31,33). The lowest BCUT2D eigenvalue weighted by molar-refractivity contribution is -0.117. The van der Waals surface area contributed by atoms with Gasteiger partial charge in [-0.3, -0.25) is 14.6 Å². The number of aromatic nitrogens is 1. The quantitative estimate of drug-likeness (QED) is 0.228. The highest BCUT2D eigenvalue weighted by Gasteiger charge is 2.21. The molecule has 0 saturated heterocycles. The third-order valence-corrected chi connectivity index (χ3v) is 5.56. The summed E-state index contributed by atoms with van der Waals surface area (Å²) in [6, 6.07) is 14.6. The Hall–Kier alpha value is -3.46. The molecule has 0 spiro atoms. The number of amidine groups is 1. The molecule has 0 aliphatic rings. The summed E-state index contributed by atoms with van der Waals surface area (Å²) in [5.74, 6) is -1.55. The van der Waals surface area contributed by atoms with Crippen LogP contribution in [-0.2, 0) is 4.79 Å². The van der Waals surface area contributed by atoms with Crippen molar-refractivity contribution in [3.8, 4) is 0 Å². The molecule has 1 aromatic heterocycles. The second-order valence-corrected chi connectivity index (χ2v) is 7.93. The second kappa shape index (κ2) is 10.9. The molecule has 10 heteroatoms. The van der Waals surface area contributed by atoms with E-state index in [1.807, 2.05) is 0 Å². The predicted octanol–water partition coefficient (Wildman–Crippen LogP) is 3.59. The molecular weight excluding hydrogens is 463 g/mol. The van der Waals surface area contributed by atoms with Crippen molar-refractivity contribution in [2.24, 2.45) is 16.5 Å². The maximum absolute atomic E-state index is 13.0. The van der Waals surface area contributed by atoms with Gasteiger partial charge >= 0.3 is 0 Å². The van der Waals surface area contributed by atoms with Crippen LogP contribution in [0.15, 0.2) is 65.8 Å². The van der Waals surface area contributed by atoms with Crippen molar-refractivity contribution in [2.75, 3.05) is 17.6 Å². The Kier molecular flexibility index (Phi) is 8.00. The molecule has 2 amide bonds. The zero-order chi connectivity index (χ0) is 24.0. The molecular formula is C23H22Cl2N6O2. The van der Waals surface area contributed by atoms with E-state index < -0.39 is 11.8 Å². The van der Waals surface area contributed by atoms with Crippen LogP contribution in [0.3, 0.4) is 0 Å². The first-order chi connectivity index (χ1) is 15.8. The van der Waals surface area contributed by atoms with Gasteiger partial charge in [0.2, 0.25) is 5.91 Å². The van der Waals surface area contributed by atoms with Gasteiger partial charge in [0.25, 0.3) is 5.91 Å². The number of benzene rings is 2. The highest BCUT2D eigenvalue weighted by atomic mass is 35.5. The fraction of sp³-hybridized carbons (Fsp3) is 0.130. The van der Waals surface area contributed by atoms with Crippen LogP contribution in [0.4, 0.5) is 11.4 Å². The molecule has 7 N–H and O–H groups in total. The van der Waals surface area contributed by atoms with Gasteiger partial charge in [0.15, 0.2) is 0 Å². The fourth-order valence-electron chi connectivity index (χ4n) is 3.15. The zero-order valence-corrected chi connectivity index (χ0v) is 19.0. The maximum atomic E-state index is 13.0. The summed E-state index contributed by atoms with van der Waals surface area (Å²) < 4.78 is 0. The van der Waals surface area contributed by atoms with Crippen LogP contribution in [0.25, 0.3) is 0 Å². The first kappa shape index (κ1) is 24.2. The molecule has 0 radical (unpaired) electrons. The van der Waals surface area contributed by atoms with E-state index in [4.69, 9.17) is 40.4 Å². The summed E-state index contributed by atoms with van der Waals surface area (Å²) >= 11 is 12.1. The molecule has 1 unspecified atom stereocenters. The molecule has 170 valence electrons. The van der Waals surface area contributed by atoms with Gasteiger partial charge < -0.3 is 22.5 Å². The first-order valence-electron chi connectivity index (χ1n) is 9.95. The SMILES string of the molecule is NCCC(C(=O)Nc1ccc(N)c(C(N)=NC(=O)c2ccccn2)c1)c1ccc(Cl)c(Cl)c1. The summed E-state index contributed by atoms with van der Waals surface area (Å²) in [4.78, 5) is 33.2. The third kappa shape index (κ3) is 6.07. The molecule has 0 saturated carbocycles. The number of nitrogens with zero attached hydrogens (tertiary/aromatic N) is 2. The van der Waals surface area contributed by atoms with Crippen LogP contribution in [0.5, 0.6) is 0 Å². The number of carbonyl (C=O) groups is 2. The Balaban J connectivity index is 1.84. The van der Waals surface area contributed by atoms with Crippen LogP contribution in [0.2, 0.25) is 10.0 Å². The Labute approximate surface area is 200 Å². The van der Waals surface area contributed by atoms with E-state index in [0.717, 1.165) is 0 Å². The van der Waals surface area contributed by atoms with Crippen LogP contribution < -0.4 is 22.5 Å². The largest absolute Gasteiger partial charge is 0.398 e. The lowest BCUT2D eigenvalue weighted by Crippen LogP contribution is -2.24. The maximum Gasteiger partial charge on any atom is 0.297 e. The number of hydrogen-bond acceptors (Lipinski definition) is 5. The Morgan fingerprint density at radius 1 is 1.06 bits per heavy atom. The Bertz CT molecular complexity index is 1200. The van der Waals surface area contributed by atoms with Crippen LogP contribution >= 0.6 is 23.2 Å². The van der Waals surface area contributed by atoms with Crippen molar-refractivity contribution in [3.05, 3.63) is 87.7 Å². The van der Waals surface area contributed by atoms with Crippen molar-refractivity contribution < 1.29 is 9.59 Å². The molecule has 3 aromatic rings. The minimum absolute atomic E-state index is 0.0951. The van der Waals surface area contributed by atoms with E-state index in [0.29, 0.717) is 45.5 Å². The van der Waals surface area contributed by atoms with E-state index >= 15 is 0 Å². The molecule has 1 heterocycles. The van der Waals surface area contributed by atoms with Gasteiger partial charge in [-0.2, -0.15) is 4.99 Å². The topological polar surface area (TPSA) is 149 Å². The number of pyridine rings is 1. The number of nitrogens with two attached hydrogens (primary N) is 3. The van der Waals surface area contributed by atoms with E-state index in [2.05, 4.69) is 15.3 Å². The normalized spacial score (nSPS) is 12.3. The number of nitrogen functional groups attached to an aromatic ring is 1. The van der Waals surface area contributed by atoms with Gasteiger partial charge in [-0.25, -0.2) is 0 Å². The minimum atomic E-state index is -0.607. The van der Waals surface area contributed by atoms with E-state index in [9.17, 15) is 9.59 Å². The molecule has 1 atom stereocenters. The summed E-state index contributed by atoms with van der Waals surface area (Å²) in [5.41, 5.74) is 19.6. The monoisotopic (exact) mass is 484 g/mol. The number of nitrogens with one attached hydrogen (secondary N) is 1. The van der Waals surface area contributed by atoms with Gasteiger partial charge in [0, 0.05) is 23.1 Å². The van der Waals surface area contributed by atoms with Crippen molar-refractivity contribution in [1.29, 1.82) is 0 Å². The number of rotatable bonds is 7. The van der Waals surface area contributed by atoms with Crippen LogP contribution in [-0.4, -0.2) is 29.2 Å². The van der Waals surface area contributed by atoms with Crippen molar-refractivity contribution in [2.45, 2.75) is 12.3 Å². The summed E-state index contributed by atoms with van der Waals surface area (Å²) in [6.07, 6.45) is 1.88. The molecule has 33 heavy (non-hydrogen) atoms. The van der Waals surface area contributed by atoms with Gasteiger partial charge in [0.05, 0.1) is 16.0 Å². The summed E-state index contributed by atoms with van der Waals surface area (Å²) in [7, 11) is 0.